The molecular weight excluding hydrogens is 488 g/mol. The summed E-state index contributed by atoms with van der Waals surface area (Å²) < 4.78 is 19.3. The molecule has 158 valence electrons. The molecule has 2 fully saturated rings. The second-order valence-electron chi connectivity index (χ2n) is 7.85. The van der Waals surface area contributed by atoms with Crippen LogP contribution in [0.2, 0.25) is 0 Å². The van der Waals surface area contributed by atoms with Crippen LogP contribution in [0.3, 0.4) is 0 Å². The van der Waals surface area contributed by atoms with Gasteiger partial charge in [-0.15, -0.1) is 24.0 Å². The summed E-state index contributed by atoms with van der Waals surface area (Å²) in [5.41, 5.74) is 1.13. The molecule has 4 nitrogen and oxygen atoms in total. The molecule has 2 N–H and O–H groups in total. The van der Waals surface area contributed by atoms with Gasteiger partial charge in [-0.3, -0.25) is 4.99 Å². The summed E-state index contributed by atoms with van der Waals surface area (Å²) >= 11 is 2.03. The van der Waals surface area contributed by atoms with E-state index in [1.54, 1.807) is 12.1 Å². The van der Waals surface area contributed by atoms with Crippen molar-refractivity contribution in [2.75, 3.05) is 38.6 Å². The highest BCUT2D eigenvalue weighted by Gasteiger charge is 2.35. The molecule has 0 spiro atoms. The minimum atomic E-state index is -0.189. The van der Waals surface area contributed by atoms with Crippen LogP contribution in [-0.4, -0.2) is 49.3 Å². The zero-order valence-corrected chi connectivity index (χ0v) is 20.1. The molecule has 3 rings (SSSR count). The summed E-state index contributed by atoms with van der Waals surface area (Å²) in [5, 5.41) is 6.95. The summed E-state index contributed by atoms with van der Waals surface area (Å²) in [6.45, 7) is 8.33. The van der Waals surface area contributed by atoms with Gasteiger partial charge in [0.2, 0.25) is 0 Å². The molecule has 1 aromatic carbocycles. The third kappa shape index (κ3) is 6.23. The van der Waals surface area contributed by atoms with Crippen LogP contribution in [0.25, 0.3) is 0 Å². The van der Waals surface area contributed by atoms with Crippen molar-refractivity contribution in [3.05, 3.63) is 35.6 Å². The van der Waals surface area contributed by atoms with Crippen molar-refractivity contribution in [3.63, 3.8) is 0 Å². The van der Waals surface area contributed by atoms with Crippen molar-refractivity contribution in [1.82, 2.24) is 10.6 Å². The van der Waals surface area contributed by atoms with Crippen LogP contribution in [0.15, 0.2) is 29.3 Å². The average molecular weight is 521 g/mol. The van der Waals surface area contributed by atoms with Crippen LogP contribution in [0.5, 0.6) is 0 Å². The summed E-state index contributed by atoms with van der Waals surface area (Å²) in [4.78, 5) is 4.87. The monoisotopic (exact) mass is 521 g/mol. The average Bonchev–Trinajstić information content (AvgIpc) is 3.12. The predicted octanol–water partition coefficient (Wildman–Crippen LogP) is 4.33. The third-order valence-electron chi connectivity index (χ3n) is 5.72. The maximum Gasteiger partial charge on any atom is 0.191 e. The van der Waals surface area contributed by atoms with E-state index in [4.69, 9.17) is 9.73 Å². The topological polar surface area (TPSA) is 45.7 Å². The van der Waals surface area contributed by atoms with E-state index in [1.165, 1.54) is 24.2 Å². The van der Waals surface area contributed by atoms with Crippen molar-refractivity contribution in [1.29, 1.82) is 0 Å². The number of hydrogen-bond acceptors (Lipinski definition) is 3. The fourth-order valence-electron chi connectivity index (χ4n) is 3.94. The molecule has 2 saturated heterocycles. The van der Waals surface area contributed by atoms with Gasteiger partial charge in [-0.05, 0) is 63.0 Å². The number of ether oxygens (including phenoxy) is 1. The van der Waals surface area contributed by atoms with Crippen LogP contribution in [0, 0.1) is 5.82 Å². The number of benzene rings is 1. The Morgan fingerprint density at radius 3 is 2.50 bits per heavy atom. The smallest absolute Gasteiger partial charge is 0.191 e. The number of halogens is 2. The van der Waals surface area contributed by atoms with Crippen LogP contribution in [0.4, 0.5) is 4.39 Å². The van der Waals surface area contributed by atoms with Gasteiger partial charge in [0, 0.05) is 36.5 Å². The summed E-state index contributed by atoms with van der Waals surface area (Å²) in [7, 11) is 0. The molecule has 0 amide bonds. The lowest BCUT2D eigenvalue weighted by Gasteiger charge is -2.38. The first-order chi connectivity index (χ1) is 13.1. The highest BCUT2D eigenvalue weighted by molar-refractivity contribution is 14.0. The van der Waals surface area contributed by atoms with Gasteiger partial charge in [0.05, 0.1) is 6.54 Å². The maximum atomic E-state index is 13.4. The maximum absolute atomic E-state index is 13.4. The van der Waals surface area contributed by atoms with E-state index in [0.29, 0.717) is 0 Å². The Bertz CT molecular complexity index is 629. The van der Waals surface area contributed by atoms with E-state index in [-0.39, 0.29) is 40.0 Å². The first kappa shape index (κ1) is 23.7. The molecule has 0 bridgehead atoms. The lowest BCUT2D eigenvalue weighted by atomic mass is 9.74. The Balaban J connectivity index is 0.00000280. The fraction of sp³-hybridized carbons (Fsp3) is 0.667. The van der Waals surface area contributed by atoms with Crippen molar-refractivity contribution in [2.24, 2.45) is 4.99 Å². The largest absolute Gasteiger partial charge is 0.381 e. The Morgan fingerprint density at radius 1 is 1.18 bits per heavy atom. The van der Waals surface area contributed by atoms with E-state index in [0.717, 1.165) is 51.6 Å². The normalized spacial score (nSPS) is 24.5. The number of nitrogens with zero attached hydrogens (tertiary/aromatic N) is 1. The van der Waals surface area contributed by atoms with Crippen molar-refractivity contribution in [2.45, 2.75) is 49.7 Å². The Morgan fingerprint density at radius 2 is 1.89 bits per heavy atom. The van der Waals surface area contributed by atoms with Crippen LogP contribution in [0.1, 0.15) is 45.1 Å². The van der Waals surface area contributed by atoms with Gasteiger partial charge in [-0.2, -0.15) is 11.8 Å². The van der Waals surface area contributed by atoms with E-state index in [1.807, 2.05) is 23.9 Å². The number of thioether (sulfide) groups is 1. The van der Waals surface area contributed by atoms with Gasteiger partial charge in [0.25, 0.3) is 0 Å². The third-order valence-corrected chi connectivity index (χ3v) is 7.24. The fourth-order valence-corrected chi connectivity index (χ4v) is 5.16. The van der Waals surface area contributed by atoms with Gasteiger partial charge < -0.3 is 15.4 Å². The van der Waals surface area contributed by atoms with Gasteiger partial charge in [-0.25, -0.2) is 4.39 Å². The SMILES string of the molecule is CCNC(=NCC1(C)CCCS1)NCC1(c2ccc(F)cc2)CCOCC1.I. The van der Waals surface area contributed by atoms with Gasteiger partial charge in [0.1, 0.15) is 5.82 Å². The number of hydrogen-bond donors (Lipinski definition) is 2. The minimum Gasteiger partial charge on any atom is -0.381 e. The first-order valence-electron chi connectivity index (χ1n) is 10.1. The molecule has 0 radical (unpaired) electrons. The number of aliphatic imine (C=N–C) groups is 1. The van der Waals surface area contributed by atoms with Gasteiger partial charge in [-0.1, -0.05) is 12.1 Å². The zero-order chi connectivity index (χ0) is 19.2. The van der Waals surface area contributed by atoms with E-state index in [2.05, 4.69) is 24.5 Å². The lowest BCUT2D eigenvalue weighted by molar-refractivity contribution is 0.0513. The minimum absolute atomic E-state index is 0. The molecule has 28 heavy (non-hydrogen) atoms. The number of guanidine groups is 1. The number of rotatable bonds is 6. The molecule has 7 heteroatoms. The zero-order valence-electron chi connectivity index (χ0n) is 16.9. The summed E-state index contributed by atoms with van der Waals surface area (Å²) in [6, 6.07) is 6.96. The second kappa shape index (κ2) is 11.0. The second-order valence-corrected chi connectivity index (χ2v) is 9.53. The molecule has 1 atom stereocenters. The van der Waals surface area contributed by atoms with E-state index < -0.39 is 0 Å². The molecule has 1 aromatic rings. The van der Waals surface area contributed by atoms with Crippen LogP contribution >= 0.6 is 35.7 Å². The van der Waals surface area contributed by atoms with Gasteiger partial charge >= 0.3 is 0 Å². The molecule has 2 aliphatic heterocycles. The first-order valence-corrected chi connectivity index (χ1v) is 11.0. The van der Waals surface area contributed by atoms with Crippen LogP contribution in [-0.2, 0) is 10.2 Å². The van der Waals surface area contributed by atoms with Crippen molar-refractivity contribution >= 4 is 41.7 Å². The molecule has 0 aliphatic carbocycles. The Labute approximate surface area is 189 Å². The van der Waals surface area contributed by atoms with E-state index in [9.17, 15) is 4.39 Å². The van der Waals surface area contributed by atoms with Gasteiger partial charge in [0.15, 0.2) is 5.96 Å². The lowest BCUT2D eigenvalue weighted by Crippen LogP contribution is -2.48. The Hall–Kier alpha value is -0.540. The molecular formula is C21H33FIN3OS. The predicted molar refractivity (Wildman–Crippen MR) is 128 cm³/mol. The number of nitrogens with one attached hydrogen (secondary N) is 2. The summed E-state index contributed by atoms with van der Waals surface area (Å²) in [5.74, 6) is 1.93. The Kier molecular flexibility index (Phi) is 9.34. The molecule has 0 aromatic heterocycles. The molecule has 2 heterocycles. The van der Waals surface area contributed by atoms with Crippen LogP contribution < -0.4 is 10.6 Å². The molecule has 1 unspecified atom stereocenters. The molecule has 2 aliphatic rings. The highest BCUT2D eigenvalue weighted by Crippen LogP contribution is 2.38. The standard InChI is InChI=1S/C21H32FN3OS.HI/c1-3-23-19(24-15-20(2)9-4-14-27-20)25-16-21(10-12-26-13-11-21)17-5-7-18(22)8-6-17;/h5-8H,3-4,9-16H2,1-2H3,(H2,23,24,25);1H. The van der Waals surface area contributed by atoms with Crippen molar-refractivity contribution < 1.29 is 9.13 Å². The quantitative estimate of drug-likeness (QED) is 0.333. The van der Waals surface area contributed by atoms with Crippen molar-refractivity contribution in [3.8, 4) is 0 Å². The highest BCUT2D eigenvalue weighted by atomic mass is 127. The summed E-state index contributed by atoms with van der Waals surface area (Å²) in [6.07, 6.45) is 4.38. The van der Waals surface area contributed by atoms with E-state index >= 15 is 0 Å². The molecule has 0 saturated carbocycles.